The Kier molecular flexibility index (Phi) is 10.4. The fourth-order valence-electron chi connectivity index (χ4n) is 3.06. The first-order valence-corrected chi connectivity index (χ1v) is 10.1. The Morgan fingerprint density at radius 2 is 1.24 bits per heavy atom. The highest BCUT2D eigenvalue weighted by atomic mass is 16.4. The molecule has 0 saturated carbocycles. The molecule has 0 atom stereocenters. The number of aryl methyl sites for hydroxylation is 2. The number of rotatable bonds is 9. The molecule has 6 heteroatoms. The van der Waals surface area contributed by atoms with E-state index in [1.165, 1.54) is 25.0 Å². The highest BCUT2D eigenvalue weighted by Gasteiger charge is 2.16. The van der Waals surface area contributed by atoms with E-state index in [-0.39, 0.29) is 28.6 Å². The van der Waals surface area contributed by atoms with Gasteiger partial charge in [-0.25, -0.2) is 4.79 Å². The van der Waals surface area contributed by atoms with Gasteiger partial charge in [0.1, 0.15) is 28.6 Å². The van der Waals surface area contributed by atoms with E-state index in [0.29, 0.717) is 12.0 Å². The van der Waals surface area contributed by atoms with Crippen molar-refractivity contribution in [3.8, 4) is 23.0 Å². The van der Waals surface area contributed by atoms with Crippen molar-refractivity contribution in [2.45, 2.75) is 65.2 Å². The zero-order valence-electron chi connectivity index (χ0n) is 17.2. The molecule has 0 amide bonds. The summed E-state index contributed by atoms with van der Waals surface area (Å²) >= 11 is 0. The number of carboxylic acids is 1. The molecule has 0 aliphatic rings. The summed E-state index contributed by atoms with van der Waals surface area (Å²) in [6, 6.07) is 7.21. The van der Waals surface area contributed by atoms with Crippen LogP contribution in [0.4, 0.5) is 0 Å². The number of aromatic carboxylic acids is 1. The van der Waals surface area contributed by atoms with Crippen LogP contribution in [-0.2, 0) is 12.8 Å². The van der Waals surface area contributed by atoms with Gasteiger partial charge in [-0.3, -0.25) is 0 Å². The molecular weight excluding hydrogens is 372 g/mol. The second-order valence-electron chi connectivity index (χ2n) is 7.08. The average molecular weight is 405 g/mol. The van der Waals surface area contributed by atoms with Gasteiger partial charge >= 0.3 is 5.97 Å². The minimum absolute atomic E-state index is 0.103. The van der Waals surface area contributed by atoms with Crippen LogP contribution in [0.2, 0.25) is 0 Å². The van der Waals surface area contributed by atoms with Crippen molar-refractivity contribution >= 4 is 5.97 Å². The first-order valence-electron chi connectivity index (χ1n) is 10.1. The summed E-state index contributed by atoms with van der Waals surface area (Å²) in [5, 5.41) is 46.1. The van der Waals surface area contributed by atoms with Gasteiger partial charge < -0.3 is 25.5 Å². The lowest BCUT2D eigenvalue weighted by Gasteiger charge is -2.08. The van der Waals surface area contributed by atoms with Crippen LogP contribution >= 0.6 is 0 Å². The monoisotopic (exact) mass is 404 g/mol. The second-order valence-corrected chi connectivity index (χ2v) is 7.08. The molecule has 6 nitrogen and oxygen atoms in total. The molecule has 0 aliphatic carbocycles. The molecule has 2 rings (SSSR count). The summed E-state index contributed by atoms with van der Waals surface area (Å²) in [6.07, 6.45) is 7.84. The predicted octanol–water partition coefficient (Wildman–Crippen LogP) is 5.36. The van der Waals surface area contributed by atoms with E-state index in [1.807, 2.05) is 0 Å². The number of unbranched alkanes of at least 4 members (excludes halogenated alkanes) is 4. The average Bonchev–Trinajstić information content (AvgIpc) is 2.61. The lowest BCUT2D eigenvalue weighted by Crippen LogP contribution is -2.03. The van der Waals surface area contributed by atoms with Crippen LogP contribution in [0.1, 0.15) is 73.9 Å². The lowest BCUT2D eigenvalue weighted by atomic mass is 10.00. The number of aromatic hydroxyl groups is 4. The number of phenols is 4. The van der Waals surface area contributed by atoms with Gasteiger partial charge in [-0.1, -0.05) is 39.5 Å². The standard InChI is InChI=1S/C12H16O4.C11H16O2/c1-2-3-4-5-8-6-9(13)7-10(14)11(8)12(15)16;1-2-3-4-5-9-6-10(12)8-11(13)7-9/h6-7,13-14H,2-5H2,1H3,(H,15,16);6-8,12-13H,2-5H2,1H3. The Morgan fingerprint density at radius 1 is 0.724 bits per heavy atom. The fourth-order valence-corrected chi connectivity index (χ4v) is 3.06. The molecule has 2 aromatic carbocycles. The van der Waals surface area contributed by atoms with Crippen LogP contribution in [0.25, 0.3) is 0 Å². The first kappa shape index (κ1) is 24.1. The van der Waals surface area contributed by atoms with E-state index < -0.39 is 5.97 Å². The number of hydrogen-bond donors (Lipinski definition) is 5. The minimum Gasteiger partial charge on any atom is -0.508 e. The van der Waals surface area contributed by atoms with Crippen LogP contribution in [0.3, 0.4) is 0 Å². The van der Waals surface area contributed by atoms with Gasteiger partial charge in [0.25, 0.3) is 0 Å². The Hall–Kier alpha value is -2.89. The smallest absolute Gasteiger partial charge is 0.339 e. The quantitative estimate of drug-likeness (QED) is 0.359. The van der Waals surface area contributed by atoms with Crippen molar-refractivity contribution in [3.05, 3.63) is 47.0 Å². The summed E-state index contributed by atoms with van der Waals surface area (Å²) < 4.78 is 0. The minimum atomic E-state index is -1.16. The number of phenolic OH excluding ortho intramolecular Hbond substituents is 3. The molecule has 0 aliphatic heterocycles. The van der Waals surface area contributed by atoms with Crippen LogP contribution in [0.5, 0.6) is 23.0 Å². The predicted molar refractivity (Wildman–Crippen MR) is 113 cm³/mol. The van der Waals surface area contributed by atoms with Gasteiger partial charge in [0.05, 0.1) is 0 Å². The van der Waals surface area contributed by atoms with Crippen molar-refractivity contribution in [2.24, 2.45) is 0 Å². The molecule has 0 saturated heterocycles. The molecule has 5 N–H and O–H groups in total. The van der Waals surface area contributed by atoms with Gasteiger partial charge in [0.15, 0.2) is 0 Å². The van der Waals surface area contributed by atoms with Crippen molar-refractivity contribution in [1.82, 2.24) is 0 Å². The normalized spacial score (nSPS) is 10.3. The Bertz CT molecular complexity index is 765. The van der Waals surface area contributed by atoms with Gasteiger partial charge in [0, 0.05) is 12.1 Å². The number of carboxylic acid groups (broad SMARTS) is 1. The Balaban J connectivity index is 0.000000296. The van der Waals surface area contributed by atoms with Crippen LogP contribution < -0.4 is 0 Å². The van der Waals surface area contributed by atoms with E-state index in [2.05, 4.69) is 13.8 Å². The molecule has 0 radical (unpaired) electrons. The Morgan fingerprint density at radius 3 is 1.76 bits per heavy atom. The molecule has 0 unspecified atom stereocenters. The third-order valence-corrected chi connectivity index (χ3v) is 4.48. The van der Waals surface area contributed by atoms with E-state index in [4.69, 9.17) is 5.11 Å². The van der Waals surface area contributed by atoms with Gasteiger partial charge in [-0.2, -0.15) is 0 Å². The number of carbonyl (C=O) groups is 1. The summed E-state index contributed by atoms with van der Waals surface area (Å²) in [4.78, 5) is 10.9. The molecule has 0 spiro atoms. The van der Waals surface area contributed by atoms with Crippen LogP contribution in [0.15, 0.2) is 30.3 Å². The van der Waals surface area contributed by atoms with Crippen molar-refractivity contribution in [3.63, 3.8) is 0 Å². The van der Waals surface area contributed by atoms with Gasteiger partial charge in [0.2, 0.25) is 0 Å². The number of benzene rings is 2. The van der Waals surface area contributed by atoms with E-state index in [1.54, 1.807) is 12.1 Å². The van der Waals surface area contributed by atoms with Crippen LogP contribution in [-0.4, -0.2) is 31.5 Å². The molecule has 0 heterocycles. The molecule has 0 aromatic heterocycles. The van der Waals surface area contributed by atoms with Crippen molar-refractivity contribution in [1.29, 1.82) is 0 Å². The third kappa shape index (κ3) is 8.77. The maximum atomic E-state index is 10.9. The summed E-state index contributed by atoms with van der Waals surface area (Å²) in [5.41, 5.74) is 1.39. The highest BCUT2D eigenvalue weighted by Crippen LogP contribution is 2.28. The largest absolute Gasteiger partial charge is 0.508 e. The van der Waals surface area contributed by atoms with E-state index >= 15 is 0 Å². The maximum absolute atomic E-state index is 10.9. The van der Waals surface area contributed by atoms with Crippen molar-refractivity contribution in [2.75, 3.05) is 0 Å². The van der Waals surface area contributed by atoms with Gasteiger partial charge in [-0.05, 0) is 55.0 Å². The third-order valence-electron chi connectivity index (χ3n) is 4.48. The zero-order valence-corrected chi connectivity index (χ0v) is 17.2. The van der Waals surface area contributed by atoms with Crippen LogP contribution in [0, 0.1) is 0 Å². The van der Waals surface area contributed by atoms with Crippen molar-refractivity contribution < 1.29 is 30.3 Å². The lowest BCUT2D eigenvalue weighted by molar-refractivity contribution is 0.0692. The molecule has 0 bridgehead atoms. The topological polar surface area (TPSA) is 118 Å². The molecule has 29 heavy (non-hydrogen) atoms. The molecule has 0 fully saturated rings. The summed E-state index contributed by atoms with van der Waals surface area (Å²) in [6.45, 7) is 4.21. The van der Waals surface area contributed by atoms with E-state index in [0.717, 1.165) is 43.7 Å². The molecule has 160 valence electrons. The summed E-state index contributed by atoms with van der Waals surface area (Å²) in [5.74, 6) is -1.35. The fraction of sp³-hybridized carbons (Fsp3) is 0.435. The maximum Gasteiger partial charge on any atom is 0.339 e. The van der Waals surface area contributed by atoms with Gasteiger partial charge in [-0.15, -0.1) is 0 Å². The zero-order chi connectivity index (χ0) is 21.8. The Labute approximate surface area is 172 Å². The summed E-state index contributed by atoms with van der Waals surface area (Å²) in [7, 11) is 0. The van der Waals surface area contributed by atoms with E-state index in [9.17, 15) is 25.2 Å². The number of hydrogen-bond acceptors (Lipinski definition) is 5. The molecular formula is C23H32O6. The highest BCUT2D eigenvalue weighted by molar-refractivity contribution is 5.92. The SMILES string of the molecule is CCCCCc1cc(O)cc(O)c1.CCCCCc1cc(O)cc(O)c1C(=O)O. The second kappa shape index (κ2) is 12.5. The molecule has 2 aromatic rings. The first-order chi connectivity index (χ1) is 13.8.